The smallest absolute Gasteiger partial charge is 0.264 e. The van der Waals surface area contributed by atoms with Crippen molar-refractivity contribution in [3.63, 3.8) is 0 Å². The fourth-order valence-corrected chi connectivity index (χ4v) is 8.49. The molecule has 1 N–H and O–H groups in total. The molecule has 0 bridgehead atoms. The van der Waals surface area contributed by atoms with Gasteiger partial charge >= 0.3 is 0 Å². The Balaban J connectivity index is 1.13. The number of nitrogens with zero attached hydrogens (tertiary/aromatic N) is 4. The topological polar surface area (TPSA) is 96.7 Å². The molecule has 0 radical (unpaired) electrons. The summed E-state index contributed by atoms with van der Waals surface area (Å²) in [6.45, 7) is 5.50. The van der Waals surface area contributed by atoms with E-state index in [4.69, 9.17) is 14.2 Å². The molecule has 1 fully saturated rings. The average molecular weight is 725 g/mol. The highest BCUT2D eigenvalue weighted by Crippen LogP contribution is 2.43. The Morgan fingerprint density at radius 1 is 0.778 bits per heavy atom. The van der Waals surface area contributed by atoms with Crippen molar-refractivity contribution < 1.29 is 28.9 Å². The van der Waals surface area contributed by atoms with Crippen LogP contribution in [0.25, 0.3) is 11.3 Å². The molecule has 10 heteroatoms. The number of aromatic hydroxyl groups is 1. The van der Waals surface area contributed by atoms with Crippen LogP contribution < -0.4 is 14.4 Å². The first-order chi connectivity index (χ1) is 26.5. The number of para-hydroxylation sites is 1. The van der Waals surface area contributed by atoms with Gasteiger partial charge in [0.2, 0.25) is 6.79 Å². The maximum atomic E-state index is 15.2. The Morgan fingerprint density at radius 2 is 1.50 bits per heavy atom. The number of benzene rings is 4. The van der Waals surface area contributed by atoms with Crippen LogP contribution in [-0.4, -0.2) is 77.0 Å². The molecule has 0 saturated carbocycles. The minimum absolute atomic E-state index is 0.0108. The van der Waals surface area contributed by atoms with Crippen molar-refractivity contribution in [2.45, 2.75) is 51.2 Å². The quantitative estimate of drug-likeness (QED) is 0.181. The number of rotatable bonds is 8. The lowest BCUT2D eigenvalue weighted by Crippen LogP contribution is -2.47. The molecule has 1 saturated heterocycles. The Morgan fingerprint density at radius 3 is 2.30 bits per heavy atom. The molecule has 5 heterocycles. The first-order valence-corrected chi connectivity index (χ1v) is 19.0. The normalized spacial score (nSPS) is 17.9. The van der Waals surface area contributed by atoms with E-state index in [0.717, 1.165) is 94.1 Å². The van der Waals surface area contributed by atoms with Crippen LogP contribution >= 0.6 is 0 Å². The summed E-state index contributed by atoms with van der Waals surface area (Å²) < 4.78 is 19.6. The first kappa shape index (κ1) is 34.2. The van der Waals surface area contributed by atoms with E-state index in [0.29, 0.717) is 34.9 Å². The largest absolute Gasteiger partial charge is 0.508 e. The molecular formula is C44H44N4O6. The maximum Gasteiger partial charge on any atom is 0.264 e. The van der Waals surface area contributed by atoms with E-state index in [1.807, 2.05) is 54.6 Å². The van der Waals surface area contributed by atoms with E-state index in [2.05, 4.69) is 32.6 Å². The molecule has 1 aromatic heterocycles. The standard InChI is InChI=1S/C44H44N4O6/c49-35-15-13-33(14-16-35)48(32-10-2-1-3-11-32)44(51)38-25-40(46-18-7-6-12-39(38)46)36-26-41-42(54-29-53-41)27-37(36)43(50)47-28-31-9-5-4-8-30(31)24-34(47)17-19-45-20-22-52-23-21-45/h1-5,8-11,13-16,25-27,34,49H,6-7,12,17-24,28-29H2/t34-/m1/s1. The predicted molar refractivity (Wildman–Crippen MR) is 206 cm³/mol. The molecule has 1 atom stereocenters. The number of carbonyl (C=O) groups is 2. The average Bonchev–Trinajstić information content (AvgIpc) is 3.85. The van der Waals surface area contributed by atoms with E-state index in [1.54, 1.807) is 29.2 Å². The molecule has 4 aliphatic rings. The van der Waals surface area contributed by atoms with Gasteiger partial charge in [0.15, 0.2) is 11.5 Å². The lowest BCUT2D eigenvalue weighted by Gasteiger charge is -2.39. The molecule has 5 aromatic rings. The number of amides is 2. The molecule has 4 aliphatic heterocycles. The second kappa shape index (κ2) is 14.7. The minimum Gasteiger partial charge on any atom is -0.508 e. The zero-order valence-electron chi connectivity index (χ0n) is 30.3. The highest BCUT2D eigenvalue weighted by molar-refractivity contribution is 6.12. The molecule has 4 aromatic carbocycles. The van der Waals surface area contributed by atoms with Crippen molar-refractivity contribution in [3.05, 3.63) is 125 Å². The highest BCUT2D eigenvalue weighted by atomic mass is 16.7. The van der Waals surface area contributed by atoms with E-state index >= 15 is 4.79 Å². The third-order valence-electron chi connectivity index (χ3n) is 11.3. The molecule has 2 amide bonds. The third kappa shape index (κ3) is 6.50. The number of morpholine rings is 1. The van der Waals surface area contributed by atoms with Gasteiger partial charge in [0.05, 0.1) is 24.3 Å². The molecular weight excluding hydrogens is 681 g/mol. The molecule has 10 nitrogen and oxygen atoms in total. The van der Waals surface area contributed by atoms with Crippen molar-refractivity contribution in [2.75, 3.05) is 44.5 Å². The molecule has 0 unspecified atom stereocenters. The van der Waals surface area contributed by atoms with Crippen LogP contribution in [0.2, 0.25) is 0 Å². The van der Waals surface area contributed by atoms with Crippen LogP contribution in [-0.2, 0) is 30.7 Å². The molecule has 54 heavy (non-hydrogen) atoms. The van der Waals surface area contributed by atoms with E-state index < -0.39 is 0 Å². The van der Waals surface area contributed by atoms with Gasteiger partial charge in [-0.15, -0.1) is 0 Å². The zero-order valence-corrected chi connectivity index (χ0v) is 30.3. The number of phenolic OH excluding ortho intramolecular Hbond substituents is 1. The van der Waals surface area contributed by atoms with Crippen LogP contribution in [0.15, 0.2) is 97.1 Å². The van der Waals surface area contributed by atoms with Crippen LogP contribution in [0.1, 0.15) is 56.8 Å². The highest BCUT2D eigenvalue weighted by Gasteiger charge is 2.35. The maximum absolute atomic E-state index is 15.2. The SMILES string of the molecule is O=C(c1cc(-c2cc3c(cc2C(=O)N2Cc4ccccc4C[C@H]2CCN2CCOCC2)OCO3)n2c1CCCC2)N(c1ccccc1)c1ccc(O)cc1. The Hall–Kier alpha value is -5.58. The fraction of sp³-hybridized carbons (Fsp3) is 0.318. The minimum atomic E-state index is -0.173. The van der Waals surface area contributed by atoms with Gasteiger partial charge in [-0.3, -0.25) is 19.4 Å². The summed E-state index contributed by atoms with van der Waals surface area (Å²) in [4.78, 5) is 36.2. The van der Waals surface area contributed by atoms with Crippen molar-refractivity contribution in [2.24, 2.45) is 0 Å². The van der Waals surface area contributed by atoms with Crippen LogP contribution in [0.5, 0.6) is 17.2 Å². The number of anilines is 2. The summed E-state index contributed by atoms with van der Waals surface area (Å²) in [7, 11) is 0. The van der Waals surface area contributed by atoms with Crippen LogP contribution in [0.3, 0.4) is 0 Å². The van der Waals surface area contributed by atoms with Gasteiger partial charge < -0.3 is 28.8 Å². The summed E-state index contributed by atoms with van der Waals surface area (Å²) in [5.74, 6) is 1.04. The molecule has 0 spiro atoms. The van der Waals surface area contributed by atoms with E-state index in [1.165, 1.54) is 11.1 Å². The second-order valence-electron chi connectivity index (χ2n) is 14.5. The summed E-state index contributed by atoms with van der Waals surface area (Å²) in [5, 5.41) is 10.1. The van der Waals surface area contributed by atoms with Crippen molar-refractivity contribution in [1.29, 1.82) is 0 Å². The van der Waals surface area contributed by atoms with Crippen LogP contribution in [0, 0.1) is 0 Å². The summed E-state index contributed by atoms with van der Waals surface area (Å²) in [6.07, 6.45) is 4.30. The van der Waals surface area contributed by atoms with Gasteiger partial charge in [0.1, 0.15) is 5.75 Å². The number of hydrogen-bond donors (Lipinski definition) is 1. The lowest BCUT2D eigenvalue weighted by molar-refractivity contribution is 0.0308. The Bertz CT molecular complexity index is 2180. The number of hydrogen-bond acceptors (Lipinski definition) is 7. The van der Waals surface area contributed by atoms with Gasteiger partial charge in [-0.2, -0.15) is 0 Å². The third-order valence-corrected chi connectivity index (χ3v) is 11.3. The van der Waals surface area contributed by atoms with E-state index in [9.17, 15) is 9.90 Å². The van der Waals surface area contributed by atoms with Gasteiger partial charge in [-0.05, 0) is 97.8 Å². The van der Waals surface area contributed by atoms with Crippen molar-refractivity contribution in [3.8, 4) is 28.5 Å². The molecule has 0 aliphatic carbocycles. The van der Waals surface area contributed by atoms with Crippen LogP contribution in [0.4, 0.5) is 11.4 Å². The summed E-state index contributed by atoms with van der Waals surface area (Å²) in [6, 6.07) is 30.5. The summed E-state index contributed by atoms with van der Waals surface area (Å²) >= 11 is 0. The molecule has 9 rings (SSSR count). The predicted octanol–water partition coefficient (Wildman–Crippen LogP) is 7.19. The summed E-state index contributed by atoms with van der Waals surface area (Å²) in [5.41, 5.74) is 7.45. The first-order valence-electron chi connectivity index (χ1n) is 19.0. The van der Waals surface area contributed by atoms with Gasteiger partial charge in [-0.1, -0.05) is 42.5 Å². The lowest BCUT2D eigenvalue weighted by atomic mass is 9.90. The Kier molecular flexibility index (Phi) is 9.30. The number of fused-ring (bicyclic) bond motifs is 3. The second-order valence-corrected chi connectivity index (χ2v) is 14.5. The van der Waals surface area contributed by atoms with Gasteiger partial charge in [0.25, 0.3) is 11.8 Å². The van der Waals surface area contributed by atoms with Gasteiger partial charge in [-0.25, -0.2) is 0 Å². The molecule has 276 valence electrons. The van der Waals surface area contributed by atoms with Crippen molar-refractivity contribution >= 4 is 23.2 Å². The number of carbonyl (C=O) groups excluding carboxylic acids is 2. The van der Waals surface area contributed by atoms with Gasteiger partial charge in [0, 0.05) is 67.1 Å². The Labute approximate surface area is 315 Å². The number of aromatic nitrogens is 1. The fourth-order valence-electron chi connectivity index (χ4n) is 8.49. The zero-order chi connectivity index (χ0) is 36.6. The monoisotopic (exact) mass is 724 g/mol. The van der Waals surface area contributed by atoms with Crippen molar-refractivity contribution in [1.82, 2.24) is 14.4 Å². The number of ether oxygens (including phenoxy) is 3. The van der Waals surface area contributed by atoms with E-state index in [-0.39, 0.29) is 30.4 Å². The number of phenols is 1.